The lowest BCUT2D eigenvalue weighted by atomic mass is 9.98. The Bertz CT molecular complexity index is 217. The first-order valence-corrected chi connectivity index (χ1v) is 7.93. The van der Waals surface area contributed by atoms with Crippen LogP contribution >= 0.6 is 0 Å². The summed E-state index contributed by atoms with van der Waals surface area (Å²) in [5, 5.41) is 3.46. The number of ether oxygens (including phenoxy) is 1. The lowest BCUT2D eigenvalue weighted by Gasteiger charge is -2.23. The Kier molecular flexibility index (Phi) is 6.46. The largest absolute Gasteiger partial charge is 0.377 e. The molecule has 1 heterocycles. The predicted molar refractivity (Wildman–Crippen MR) is 75.9 cm³/mol. The van der Waals surface area contributed by atoms with Crippen molar-refractivity contribution in [3.8, 4) is 0 Å². The maximum Gasteiger partial charge on any atom is 0.0597 e. The SMILES string of the molecule is CCNCC1CCN(CCOC2CCCCC2)C1. The molecule has 1 N–H and O–H groups in total. The average molecular weight is 254 g/mol. The van der Waals surface area contributed by atoms with E-state index in [1.807, 2.05) is 0 Å². The Balaban J connectivity index is 1.52. The molecule has 0 spiro atoms. The highest BCUT2D eigenvalue weighted by Gasteiger charge is 2.22. The second-order valence-corrected chi connectivity index (χ2v) is 5.89. The van der Waals surface area contributed by atoms with Crippen LogP contribution in [0.3, 0.4) is 0 Å². The fourth-order valence-corrected chi connectivity index (χ4v) is 3.21. The zero-order valence-electron chi connectivity index (χ0n) is 12.0. The molecule has 1 aliphatic carbocycles. The van der Waals surface area contributed by atoms with Gasteiger partial charge in [0.1, 0.15) is 0 Å². The van der Waals surface area contributed by atoms with Crippen LogP contribution in [-0.4, -0.2) is 50.3 Å². The summed E-state index contributed by atoms with van der Waals surface area (Å²) in [7, 11) is 0. The fraction of sp³-hybridized carbons (Fsp3) is 1.00. The summed E-state index contributed by atoms with van der Waals surface area (Å²) in [5.41, 5.74) is 0. The third-order valence-electron chi connectivity index (χ3n) is 4.37. The molecule has 1 saturated heterocycles. The average Bonchev–Trinajstić information content (AvgIpc) is 2.85. The molecule has 1 saturated carbocycles. The van der Waals surface area contributed by atoms with Crippen LogP contribution in [-0.2, 0) is 4.74 Å². The van der Waals surface area contributed by atoms with Crippen molar-refractivity contribution in [1.82, 2.24) is 10.2 Å². The quantitative estimate of drug-likeness (QED) is 0.754. The molecule has 18 heavy (non-hydrogen) atoms. The van der Waals surface area contributed by atoms with Gasteiger partial charge in [-0.3, -0.25) is 0 Å². The fourth-order valence-electron chi connectivity index (χ4n) is 3.21. The second-order valence-electron chi connectivity index (χ2n) is 5.89. The van der Waals surface area contributed by atoms with Gasteiger partial charge in [-0.25, -0.2) is 0 Å². The summed E-state index contributed by atoms with van der Waals surface area (Å²) < 4.78 is 6.00. The van der Waals surface area contributed by atoms with Gasteiger partial charge in [0, 0.05) is 13.1 Å². The number of nitrogens with one attached hydrogen (secondary N) is 1. The van der Waals surface area contributed by atoms with Crippen LogP contribution in [0.5, 0.6) is 0 Å². The van der Waals surface area contributed by atoms with Gasteiger partial charge < -0.3 is 15.0 Å². The van der Waals surface area contributed by atoms with Crippen LogP contribution < -0.4 is 5.32 Å². The van der Waals surface area contributed by atoms with Gasteiger partial charge in [0.25, 0.3) is 0 Å². The van der Waals surface area contributed by atoms with Crippen molar-refractivity contribution in [3.05, 3.63) is 0 Å². The van der Waals surface area contributed by atoms with Gasteiger partial charge in [0.2, 0.25) is 0 Å². The van der Waals surface area contributed by atoms with E-state index in [0.717, 1.165) is 25.6 Å². The van der Waals surface area contributed by atoms with Gasteiger partial charge in [-0.1, -0.05) is 26.2 Å². The molecule has 0 radical (unpaired) electrons. The number of hydrogen-bond donors (Lipinski definition) is 1. The van der Waals surface area contributed by atoms with Crippen LogP contribution in [0.25, 0.3) is 0 Å². The lowest BCUT2D eigenvalue weighted by Crippen LogP contribution is -2.30. The third-order valence-corrected chi connectivity index (χ3v) is 4.37. The van der Waals surface area contributed by atoms with Gasteiger partial charge in [0.15, 0.2) is 0 Å². The Morgan fingerprint density at radius 2 is 2.00 bits per heavy atom. The van der Waals surface area contributed by atoms with E-state index in [-0.39, 0.29) is 0 Å². The highest BCUT2D eigenvalue weighted by Crippen LogP contribution is 2.20. The molecule has 3 nitrogen and oxygen atoms in total. The number of rotatable bonds is 7. The molecule has 0 amide bonds. The van der Waals surface area contributed by atoms with E-state index in [1.165, 1.54) is 58.2 Å². The molecule has 106 valence electrons. The molecule has 0 aromatic rings. The normalized spacial score (nSPS) is 26.8. The van der Waals surface area contributed by atoms with E-state index >= 15 is 0 Å². The van der Waals surface area contributed by atoms with Crippen molar-refractivity contribution >= 4 is 0 Å². The van der Waals surface area contributed by atoms with Crippen LogP contribution in [0, 0.1) is 5.92 Å². The first-order chi connectivity index (χ1) is 8.88. The van der Waals surface area contributed by atoms with E-state index < -0.39 is 0 Å². The first kappa shape index (κ1) is 14.3. The molecular formula is C15H30N2O. The molecule has 3 heteroatoms. The minimum absolute atomic E-state index is 0.568. The Morgan fingerprint density at radius 1 is 1.17 bits per heavy atom. The summed E-state index contributed by atoms with van der Waals surface area (Å²) in [5.74, 6) is 0.861. The molecule has 1 aliphatic heterocycles. The van der Waals surface area contributed by atoms with Gasteiger partial charge in [0.05, 0.1) is 12.7 Å². The predicted octanol–water partition coefficient (Wildman–Crippen LogP) is 2.27. The van der Waals surface area contributed by atoms with Crippen molar-refractivity contribution in [2.24, 2.45) is 5.92 Å². The lowest BCUT2D eigenvalue weighted by molar-refractivity contribution is 0.0184. The van der Waals surface area contributed by atoms with Crippen molar-refractivity contribution in [2.45, 2.75) is 51.6 Å². The zero-order chi connectivity index (χ0) is 12.6. The first-order valence-electron chi connectivity index (χ1n) is 7.93. The van der Waals surface area contributed by atoms with Crippen LogP contribution in [0.4, 0.5) is 0 Å². The standard InChI is InChI=1S/C15H30N2O/c1-2-16-12-14-8-9-17(13-14)10-11-18-15-6-4-3-5-7-15/h14-16H,2-13H2,1H3. The van der Waals surface area contributed by atoms with Crippen molar-refractivity contribution in [2.75, 3.05) is 39.3 Å². The number of likely N-dealkylation sites (tertiary alicyclic amines) is 1. The van der Waals surface area contributed by atoms with E-state index in [9.17, 15) is 0 Å². The number of nitrogens with zero attached hydrogens (tertiary/aromatic N) is 1. The van der Waals surface area contributed by atoms with Crippen LogP contribution in [0.15, 0.2) is 0 Å². The highest BCUT2D eigenvalue weighted by molar-refractivity contribution is 4.77. The topological polar surface area (TPSA) is 24.5 Å². The van der Waals surface area contributed by atoms with E-state index in [4.69, 9.17) is 4.74 Å². The monoisotopic (exact) mass is 254 g/mol. The van der Waals surface area contributed by atoms with Gasteiger partial charge >= 0.3 is 0 Å². The van der Waals surface area contributed by atoms with Gasteiger partial charge in [-0.05, 0) is 44.8 Å². The Morgan fingerprint density at radius 3 is 2.78 bits per heavy atom. The third kappa shape index (κ3) is 4.87. The molecule has 2 fully saturated rings. The Labute approximate surface area is 112 Å². The van der Waals surface area contributed by atoms with E-state index in [2.05, 4.69) is 17.1 Å². The number of hydrogen-bond acceptors (Lipinski definition) is 3. The molecule has 0 bridgehead atoms. The maximum atomic E-state index is 6.00. The smallest absolute Gasteiger partial charge is 0.0597 e. The summed E-state index contributed by atoms with van der Waals surface area (Å²) in [4.78, 5) is 2.57. The van der Waals surface area contributed by atoms with Gasteiger partial charge in [-0.2, -0.15) is 0 Å². The summed E-state index contributed by atoms with van der Waals surface area (Å²) in [6.07, 6.45) is 8.68. The summed E-state index contributed by atoms with van der Waals surface area (Å²) in [6.45, 7) is 9.09. The summed E-state index contributed by atoms with van der Waals surface area (Å²) in [6, 6.07) is 0. The Hall–Kier alpha value is -0.120. The van der Waals surface area contributed by atoms with Crippen LogP contribution in [0.1, 0.15) is 45.4 Å². The van der Waals surface area contributed by atoms with E-state index in [0.29, 0.717) is 6.10 Å². The zero-order valence-corrected chi connectivity index (χ0v) is 12.0. The summed E-state index contributed by atoms with van der Waals surface area (Å²) >= 11 is 0. The van der Waals surface area contributed by atoms with Crippen LogP contribution in [0.2, 0.25) is 0 Å². The van der Waals surface area contributed by atoms with Crippen molar-refractivity contribution < 1.29 is 4.74 Å². The molecule has 0 aromatic heterocycles. The molecule has 2 rings (SSSR count). The molecule has 1 atom stereocenters. The van der Waals surface area contributed by atoms with Gasteiger partial charge in [-0.15, -0.1) is 0 Å². The second kappa shape index (κ2) is 8.13. The maximum absolute atomic E-state index is 6.00. The van der Waals surface area contributed by atoms with Crippen molar-refractivity contribution in [1.29, 1.82) is 0 Å². The molecular weight excluding hydrogens is 224 g/mol. The highest BCUT2D eigenvalue weighted by atomic mass is 16.5. The van der Waals surface area contributed by atoms with Crippen molar-refractivity contribution in [3.63, 3.8) is 0 Å². The molecule has 0 aromatic carbocycles. The van der Waals surface area contributed by atoms with E-state index in [1.54, 1.807) is 0 Å². The molecule has 1 unspecified atom stereocenters. The minimum atomic E-state index is 0.568. The minimum Gasteiger partial charge on any atom is -0.377 e. The molecule has 2 aliphatic rings.